The fourth-order valence-electron chi connectivity index (χ4n) is 1.54. The van der Waals surface area contributed by atoms with Crippen LogP contribution in [-0.4, -0.2) is 12.8 Å². The fraction of sp³-hybridized carbons (Fsp3) is 0.0714. The van der Waals surface area contributed by atoms with Crippen molar-refractivity contribution in [3.05, 3.63) is 59.7 Å². The van der Waals surface area contributed by atoms with E-state index in [1.165, 1.54) is 30.5 Å². The predicted octanol–water partition coefficient (Wildman–Crippen LogP) is 4.01. The van der Waals surface area contributed by atoms with Gasteiger partial charge in [0.1, 0.15) is 11.6 Å². The molecule has 0 aliphatic carbocycles. The minimum atomic E-state index is -2.96. The van der Waals surface area contributed by atoms with E-state index in [1.54, 1.807) is 6.07 Å². The van der Waals surface area contributed by atoms with Gasteiger partial charge in [0.15, 0.2) is 5.82 Å². The molecule has 0 bridgehead atoms. The molecule has 0 fully saturated rings. The molecule has 1 N–H and O–H groups in total. The Morgan fingerprint density at radius 3 is 2.57 bits per heavy atom. The molecule has 0 saturated carbocycles. The van der Waals surface area contributed by atoms with Gasteiger partial charge >= 0.3 is 6.61 Å². The summed E-state index contributed by atoms with van der Waals surface area (Å²) in [4.78, 5) is 0. The van der Waals surface area contributed by atoms with Gasteiger partial charge in [-0.1, -0.05) is 12.1 Å². The number of para-hydroxylation sites is 1. The average molecular weight is 298 g/mol. The number of rotatable bonds is 5. The number of ether oxygens (including phenoxy) is 1. The Bertz CT molecular complexity index is 647. The van der Waals surface area contributed by atoms with E-state index in [0.717, 1.165) is 6.07 Å². The summed E-state index contributed by atoms with van der Waals surface area (Å²) in [7, 11) is 0. The number of alkyl halides is 2. The smallest absolute Gasteiger partial charge is 0.387 e. The van der Waals surface area contributed by atoms with Gasteiger partial charge in [0.25, 0.3) is 0 Å². The van der Waals surface area contributed by atoms with E-state index in [9.17, 15) is 17.6 Å². The zero-order chi connectivity index (χ0) is 15.2. The molecular weight excluding hydrogens is 288 g/mol. The van der Waals surface area contributed by atoms with Crippen LogP contribution in [0.2, 0.25) is 0 Å². The molecule has 7 heteroatoms. The minimum absolute atomic E-state index is 0.0418. The third kappa shape index (κ3) is 4.20. The second-order valence-electron chi connectivity index (χ2n) is 3.91. The van der Waals surface area contributed by atoms with Crippen molar-refractivity contribution in [3.63, 3.8) is 0 Å². The first-order valence-corrected chi connectivity index (χ1v) is 5.84. The maximum absolute atomic E-state index is 13.3. The van der Waals surface area contributed by atoms with Crippen LogP contribution < -0.4 is 10.2 Å². The maximum atomic E-state index is 13.3. The van der Waals surface area contributed by atoms with E-state index in [-0.39, 0.29) is 17.0 Å². The van der Waals surface area contributed by atoms with Crippen molar-refractivity contribution in [1.82, 2.24) is 0 Å². The Morgan fingerprint density at radius 2 is 1.86 bits per heavy atom. The lowest BCUT2D eigenvalue weighted by atomic mass is 10.2. The average Bonchev–Trinajstić information content (AvgIpc) is 2.42. The summed E-state index contributed by atoms with van der Waals surface area (Å²) < 4.78 is 54.8. The van der Waals surface area contributed by atoms with Crippen LogP contribution in [-0.2, 0) is 0 Å². The van der Waals surface area contributed by atoms with Gasteiger partial charge in [-0.15, -0.1) is 0 Å². The first-order chi connectivity index (χ1) is 10.1. The second kappa shape index (κ2) is 6.74. The van der Waals surface area contributed by atoms with E-state index >= 15 is 0 Å². The van der Waals surface area contributed by atoms with Gasteiger partial charge < -0.3 is 4.74 Å². The SMILES string of the molecule is Fc1ccc(NN=Cc2ccccc2OC(F)F)c(F)c1. The molecule has 21 heavy (non-hydrogen) atoms. The van der Waals surface area contributed by atoms with Gasteiger partial charge in [0.2, 0.25) is 0 Å². The summed E-state index contributed by atoms with van der Waals surface area (Å²) in [6, 6.07) is 8.93. The molecule has 0 aliphatic rings. The van der Waals surface area contributed by atoms with Crippen molar-refractivity contribution in [2.75, 3.05) is 5.43 Å². The standard InChI is InChI=1S/C14H10F4N2O/c15-10-5-6-12(11(16)7-10)20-19-8-9-3-1-2-4-13(9)21-14(17)18/h1-8,14,20H. The zero-order valence-corrected chi connectivity index (χ0v) is 10.6. The largest absolute Gasteiger partial charge is 0.434 e. The number of anilines is 1. The number of benzene rings is 2. The highest BCUT2D eigenvalue weighted by atomic mass is 19.3. The summed E-state index contributed by atoms with van der Waals surface area (Å²) in [6.45, 7) is -2.96. The molecule has 3 nitrogen and oxygen atoms in total. The monoisotopic (exact) mass is 298 g/mol. The molecule has 0 spiro atoms. The summed E-state index contributed by atoms with van der Waals surface area (Å²) in [6.07, 6.45) is 1.19. The van der Waals surface area contributed by atoms with E-state index < -0.39 is 18.2 Å². The molecule has 0 aromatic heterocycles. The van der Waals surface area contributed by atoms with Crippen molar-refractivity contribution >= 4 is 11.9 Å². The minimum Gasteiger partial charge on any atom is -0.434 e. The number of nitrogens with zero attached hydrogens (tertiary/aromatic N) is 1. The number of hydrogen-bond donors (Lipinski definition) is 1. The number of hydrazone groups is 1. The lowest BCUT2D eigenvalue weighted by molar-refractivity contribution is -0.0499. The quantitative estimate of drug-likeness (QED) is 0.514. The lowest BCUT2D eigenvalue weighted by Crippen LogP contribution is -2.04. The van der Waals surface area contributed by atoms with E-state index in [4.69, 9.17) is 0 Å². The lowest BCUT2D eigenvalue weighted by Gasteiger charge is -2.07. The van der Waals surface area contributed by atoms with Gasteiger partial charge in [-0.25, -0.2) is 8.78 Å². The number of halogens is 4. The second-order valence-corrected chi connectivity index (χ2v) is 3.91. The van der Waals surface area contributed by atoms with Crippen LogP contribution >= 0.6 is 0 Å². The third-order valence-corrected chi connectivity index (χ3v) is 2.45. The van der Waals surface area contributed by atoms with Crippen molar-refractivity contribution < 1.29 is 22.3 Å². The molecule has 0 saturated heterocycles. The summed E-state index contributed by atoms with van der Waals surface area (Å²) in [5, 5.41) is 3.71. The first-order valence-electron chi connectivity index (χ1n) is 5.84. The van der Waals surface area contributed by atoms with Crippen molar-refractivity contribution in [2.24, 2.45) is 5.10 Å². The van der Waals surface area contributed by atoms with Crippen molar-refractivity contribution in [2.45, 2.75) is 6.61 Å². The molecular formula is C14H10F4N2O. The Morgan fingerprint density at radius 1 is 1.10 bits per heavy atom. The van der Waals surface area contributed by atoms with E-state index in [0.29, 0.717) is 6.07 Å². The predicted molar refractivity (Wildman–Crippen MR) is 70.6 cm³/mol. The summed E-state index contributed by atoms with van der Waals surface area (Å²) in [5.41, 5.74) is 2.60. The highest BCUT2D eigenvalue weighted by molar-refractivity contribution is 5.84. The van der Waals surface area contributed by atoms with E-state index in [1.807, 2.05) is 0 Å². The number of hydrogen-bond acceptors (Lipinski definition) is 3. The van der Waals surface area contributed by atoms with Crippen molar-refractivity contribution in [3.8, 4) is 5.75 Å². The normalized spacial score (nSPS) is 11.1. The topological polar surface area (TPSA) is 33.6 Å². The molecule has 110 valence electrons. The molecule has 0 unspecified atom stereocenters. The molecule has 0 amide bonds. The highest BCUT2D eigenvalue weighted by Gasteiger charge is 2.07. The molecule has 2 rings (SSSR count). The molecule has 0 aliphatic heterocycles. The van der Waals surface area contributed by atoms with Crippen LogP contribution in [0.1, 0.15) is 5.56 Å². The maximum Gasteiger partial charge on any atom is 0.387 e. The van der Waals surface area contributed by atoms with Crippen LogP contribution in [0, 0.1) is 11.6 Å². The molecule has 0 radical (unpaired) electrons. The van der Waals surface area contributed by atoms with E-state index in [2.05, 4.69) is 15.3 Å². The highest BCUT2D eigenvalue weighted by Crippen LogP contribution is 2.19. The molecule has 2 aromatic rings. The molecule has 0 heterocycles. The van der Waals surface area contributed by atoms with Crippen LogP contribution in [0.5, 0.6) is 5.75 Å². The summed E-state index contributed by atoms with van der Waals surface area (Å²) >= 11 is 0. The number of nitrogens with one attached hydrogen (secondary N) is 1. The van der Waals surface area contributed by atoms with Crippen molar-refractivity contribution in [1.29, 1.82) is 0 Å². The van der Waals surface area contributed by atoms with Gasteiger partial charge in [-0.3, -0.25) is 5.43 Å². The van der Waals surface area contributed by atoms with Gasteiger partial charge in [-0.05, 0) is 24.3 Å². The fourth-order valence-corrected chi connectivity index (χ4v) is 1.54. The van der Waals surface area contributed by atoms with Crippen LogP contribution in [0.3, 0.4) is 0 Å². The first kappa shape index (κ1) is 14.8. The zero-order valence-electron chi connectivity index (χ0n) is 10.6. The van der Waals surface area contributed by atoms with Gasteiger partial charge in [-0.2, -0.15) is 13.9 Å². The summed E-state index contributed by atoms with van der Waals surface area (Å²) in [5.74, 6) is -1.58. The van der Waals surface area contributed by atoms with Gasteiger partial charge in [0, 0.05) is 11.6 Å². The molecule has 0 atom stereocenters. The molecule has 2 aromatic carbocycles. The Balaban J connectivity index is 2.11. The van der Waals surface area contributed by atoms with Crippen LogP contribution in [0.15, 0.2) is 47.6 Å². The Labute approximate surface area is 117 Å². The third-order valence-electron chi connectivity index (χ3n) is 2.45. The van der Waals surface area contributed by atoms with Crippen LogP contribution in [0.4, 0.5) is 23.2 Å². The Hall–Kier alpha value is -2.57. The Kier molecular flexibility index (Phi) is 4.76. The van der Waals surface area contributed by atoms with Gasteiger partial charge in [0.05, 0.1) is 11.9 Å². The van der Waals surface area contributed by atoms with Crippen LogP contribution in [0.25, 0.3) is 0 Å².